The zero-order valence-electron chi connectivity index (χ0n) is 5.60. The third-order valence-electron chi connectivity index (χ3n) is 1.89. The maximum absolute atomic E-state index is 3.44. The highest BCUT2D eigenvalue weighted by Crippen LogP contribution is 2.19. The first-order valence-corrected chi connectivity index (χ1v) is 4.27. The maximum atomic E-state index is 3.44. The first kappa shape index (κ1) is 6.38. The monoisotopic (exact) mass is 198 g/mol. The summed E-state index contributed by atoms with van der Waals surface area (Å²) >= 11 is 3.44. The van der Waals surface area contributed by atoms with Crippen LogP contribution in [-0.2, 0) is 6.42 Å². The minimum absolute atomic E-state index is 1.18. The van der Waals surface area contributed by atoms with Crippen LogP contribution >= 0.6 is 15.9 Å². The minimum atomic E-state index is 1.18. The summed E-state index contributed by atoms with van der Waals surface area (Å²) in [5.41, 5.74) is 2.90. The predicted molar refractivity (Wildman–Crippen MR) is 44.3 cm³/mol. The predicted octanol–water partition coefficient (Wildman–Crippen LogP) is 1.20. The molecule has 0 radical (unpaired) electrons. The third-order valence-corrected chi connectivity index (χ3v) is 2.38. The van der Waals surface area contributed by atoms with E-state index in [2.05, 4.69) is 39.4 Å². The van der Waals surface area contributed by atoms with Gasteiger partial charge in [-0.1, -0.05) is 22.0 Å². The van der Waals surface area contributed by atoms with Gasteiger partial charge in [0, 0.05) is 22.5 Å². The molecule has 2 N–H and O–H groups in total. The molecule has 0 atom stereocenters. The van der Waals surface area contributed by atoms with Crippen LogP contribution in [0.5, 0.6) is 0 Å². The Kier molecular flexibility index (Phi) is 1.51. The molecule has 0 aliphatic carbocycles. The molecule has 0 saturated carbocycles. The van der Waals surface area contributed by atoms with Gasteiger partial charge < -0.3 is 5.32 Å². The summed E-state index contributed by atoms with van der Waals surface area (Å²) in [4.78, 5) is 0. The molecule has 2 heteroatoms. The molecule has 0 bridgehead atoms. The van der Waals surface area contributed by atoms with Crippen molar-refractivity contribution >= 4 is 21.6 Å². The van der Waals surface area contributed by atoms with Crippen LogP contribution in [0.1, 0.15) is 5.56 Å². The SMILES string of the molecule is Brc1ccc2c(c1)[NH2+]CC2. The Morgan fingerprint density at radius 3 is 3.20 bits per heavy atom. The van der Waals surface area contributed by atoms with Crippen LogP contribution in [0.15, 0.2) is 22.7 Å². The van der Waals surface area contributed by atoms with Gasteiger partial charge in [0.1, 0.15) is 5.69 Å². The van der Waals surface area contributed by atoms with E-state index >= 15 is 0 Å². The fraction of sp³-hybridized carbons (Fsp3) is 0.250. The normalized spacial score (nSPS) is 15.3. The number of halogens is 1. The average molecular weight is 199 g/mol. The van der Waals surface area contributed by atoms with Gasteiger partial charge in [-0.2, -0.15) is 0 Å². The lowest BCUT2D eigenvalue weighted by molar-refractivity contribution is -0.561. The lowest BCUT2D eigenvalue weighted by Crippen LogP contribution is -2.75. The Bertz CT molecular complexity index is 257. The van der Waals surface area contributed by atoms with Gasteiger partial charge in [-0.05, 0) is 6.07 Å². The van der Waals surface area contributed by atoms with Crippen LogP contribution in [0.3, 0.4) is 0 Å². The van der Waals surface area contributed by atoms with Crippen LogP contribution in [0.25, 0.3) is 0 Å². The number of rotatable bonds is 0. The summed E-state index contributed by atoms with van der Waals surface area (Å²) in [5.74, 6) is 0. The van der Waals surface area contributed by atoms with Crippen molar-refractivity contribution in [3.63, 3.8) is 0 Å². The van der Waals surface area contributed by atoms with Crippen LogP contribution in [0, 0.1) is 0 Å². The molecule has 0 aromatic heterocycles. The Hall–Kier alpha value is -0.340. The van der Waals surface area contributed by atoms with E-state index in [1.54, 1.807) is 0 Å². The van der Waals surface area contributed by atoms with Crippen LogP contribution in [-0.4, -0.2) is 6.54 Å². The molecule has 0 amide bonds. The highest BCUT2D eigenvalue weighted by Gasteiger charge is 2.13. The second-order valence-electron chi connectivity index (χ2n) is 2.59. The highest BCUT2D eigenvalue weighted by molar-refractivity contribution is 9.10. The van der Waals surface area contributed by atoms with Crippen molar-refractivity contribution in [3.05, 3.63) is 28.2 Å². The second kappa shape index (κ2) is 2.36. The Morgan fingerprint density at radius 2 is 2.30 bits per heavy atom. The molecule has 0 unspecified atom stereocenters. The molecule has 0 spiro atoms. The summed E-state index contributed by atoms with van der Waals surface area (Å²) in [7, 11) is 0. The summed E-state index contributed by atoms with van der Waals surface area (Å²) < 4.78 is 1.18. The maximum Gasteiger partial charge on any atom is 0.134 e. The molecular formula is C8H9BrN+. The van der Waals surface area contributed by atoms with Gasteiger partial charge in [-0.3, -0.25) is 0 Å². The van der Waals surface area contributed by atoms with Crippen molar-refractivity contribution in [2.24, 2.45) is 0 Å². The number of benzene rings is 1. The van der Waals surface area contributed by atoms with Gasteiger partial charge in [-0.15, -0.1) is 0 Å². The topological polar surface area (TPSA) is 16.6 Å². The molecule has 1 heterocycles. The fourth-order valence-electron chi connectivity index (χ4n) is 1.37. The molecule has 2 rings (SSSR count). The zero-order chi connectivity index (χ0) is 6.97. The number of quaternary nitrogens is 1. The number of nitrogens with two attached hydrogens (primary N) is 1. The third kappa shape index (κ3) is 0.976. The Balaban J connectivity index is 2.52. The lowest BCUT2D eigenvalue weighted by Gasteiger charge is -1.93. The molecule has 0 fully saturated rings. The van der Waals surface area contributed by atoms with Gasteiger partial charge in [-0.25, -0.2) is 0 Å². The van der Waals surface area contributed by atoms with Gasteiger partial charge in [0.25, 0.3) is 0 Å². The Labute approximate surface area is 68.6 Å². The van der Waals surface area contributed by atoms with Gasteiger partial charge in [0.2, 0.25) is 0 Å². The van der Waals surface area contributed by atoms with E-state index in [0.29, 0.717) is 0 Å². The van der Waals surface area contributed by atoms with E-state index in [-0.39, 0.29) is 0 Å². The molecule has 1 aromatic rings. The summed E-state index contributed by atoms with van der Waals surface area (Å²) in [5, 5.41) is 2.29. The first-order chi connectivity index (χ1) is 4.86. The van der Waals surface area contributed by atoms with E-state index in [1.165, 1.54) is 28.7 Å². The average Bonchev–Trinajstić information content (AvgIpc) is 2.33. The van der Waals surface area contributed by atoms with Crippen molar-refractivity contribution in [3.8, 4) is 0 Å². The van der Waals surface area contributed by atoms with Crippen molar-refractivity contribution < 1.29 is 5.32 Å². The first-order valence-electron chi connectivity index (χ1n) is 3.48. The Morgan fingerprint density at radius 1 is 1.40 bits per heavy atom. The molecule has 1 nitrogen and oxygen atoms in total. The standard InChI is InChI=1S/C8H8BrN/c9-7-2-1-6-3-4-10-8(6)5-7/h1-2,5,10H,3-4H2/p+1. The summed E-state index contributed by atoms with van der Waals surface area (Å²) in [6, 6.07) is 6.49. The van der Waals surface area contributed by atoms with Gasteiger partial charge in [0.15, 0.2) is 0 Å². The molecule has 1 aliphatic rings. The van der Waals surface area contributed by atoms with E-state index in [9.17, 15) is 0 Å². The van der Waals surface area contributed by atoms with E-state index in [4.69, 9.17) is 0 Å². The highest BCUT2D eigenvalue weighted by atomic mass is 79.9. The second-order valence-corrected chi connectivity index (χ2v) is 3.50. The number of fused-ring (bicyclic) bond motifs is 1. The van der Waals surface area contributed by atoms with E-state index in [0.717, 1.165) is 0 Å². The van der Waals surface area contributed by atoms with Crippen molar-refractivity contribution in [1.82, 2.24) is 0 Å². The molecule has 0 saturated heterocycles. The van der Waals surface area contributed by atoms with Crippen LogP contribution in [0.2, 0.25) is 0 Å². The molecule has 1 aromatic carbocycles. The molecular weight excluding hydrogens is 190 g/mol. The quantitative estimate of drug-likeness (QED) is 0.604. The smallest absolute Gasteiger partial charge is 0.134 e. The molecule has 1 aliphatic heterocycles. The lowest BCUT2D eigenvalue weighted by atomic mass is 10.2. The summed E-state index contributed by atoms with van der Waals surface area (Å²) in [6.45, 7) is 1.21. The van der Waals surface area contributed by atoms with Crippen molar-refractivity contribution in [1.29, 1.82) is 0 Å². The van der Waals surface area contributed by atoms with Gasteiger partial charge in [0.05, 0.1) is 6.54 Å². The fourth-order valence-corrected chi connectivity index (χ4v) is 1.75. The molecule has 52 valence electrons. The van der Waals surface area contributed by atoms with Crippen molar-refractivity contribution in [2.75, 3.05) is 6.54 Å². The summed E-state index contributed by atoms with van der Waals surface area (Å²) in [6.07, 6.45) is 1.22. The van der Waals surface area contributed by atoms with E-state index < -0.39 is 0 Å². The number of hydrogen-bond donors (Lipinski definition) is 1. The van der Waals surface area contributed by atoms with Crippen LogP contribution < -0.4 is 5.32 Å². The largest absolute Gasteiger partial charge is 0.313 e. The minimum Gasteiger partial charge on any atom is -0.313 e. The van der Waals surface area contributed by atoms with E-state index in [1.807, 2.05) is 0 Å². The molecule has 10 heavy (non-hydrogen) atoms. The van der Waals surface area contributed by atoms with Crippen molar-refractivity contribution in [2.45, 2.75) is 6.42 Å². The zero-order valence-corrected chi connectivity index (χ0v) is 7.19. The van der Waals surface area contributed by atoms with Gasteiger partial charge >= 0.3 is 0 Å². The van der Waals surface area contributed by atoms with Crippen LogP contribution in [0.4, 0.5) is 5.69 Å². The number of hydrogen-bond acceptors (Lipinski definition) is 0.